The van der Waals surface area contributed by atoms with E-state index in [9.17, 15) is 9.59 Å². The van der Waals surface area contributed by atoms with E-state index in [1.165, 1.54) is 11.0 Å². The van der Waals surface area contributed by atoms with Gasteiger partial charge in [0, 0.05) is 12.0 Å². The van der Waals surface area contributed by atoms with Gasteiger partial charge in [0.05, 0.1) is 6.04 Å². The van der Waals surface area contributed by atoms with Crippen molar-refractivity contribution in [3.8, 4) is 0 Å². The molecule has 0 N–H and O–H groups in total. The summed E-state index contributed by atoms with van der Waals surface area (Å²) in [5, 5.41) is 0. The van der Waals surface area contributed by atoms with Crippen LogP contribution in [-0.2, 0) is 9.53 Å². The van der Waals surface area contributed by atoms with Crippen LogP contribution in [0.5, 0.6) is 0 Å². The largest absolute Gasteiger partial charge is 0.443 e. The lowest BCUT2D eigenvalue weighted by atomic mass is 9.57. The van der Waals surface area contributed by atoms with E-state index in [-0.39, 0.29) is 23.3 Å². The fraction of sp³-hybridized carbons (Fsp3) is 0.750. The molecule has 1 aliphatic carbocycles. The number of ether oxygens (including phenoxy) is 1. The SMILES string of the molecule is CC(C)(C)OC(=O)N1C(=O)C=C[C@H]2[C@@H]1C[C@@H]2C(C)(C)C. The Morgan fingerprint density at radius 2 is 1.85 bits per heavy atom. The van der Waals surface area contributed by atoms with Crippen molar-refractivity contribution in [3.05, 3.63) is 12.2 Å². The third-order valence-corrected chi connectivity index (χ3v) is 4.14. The highest BCUT2D eigenvalue weighted by atomic mass is 16.6. The van der Waals surface area contributed by atoms with Crippen molar-refractivity contribution in [1.82, 2.24) is 4.90 Å². The van der Waals surface area contributed by atoms with Gasteiger partial charge in [-0.25, -0.2) is 9.69 Å². The normalized spacial score (nSPS) is 29.8. The Morgan fingerprint density at radius 1 is 1.25 bits per heavy atom. The molecule has 0 radical (unpaired) electrons. The topological polar surface area (TPSA) is 46.6 Å². The van der Waals surface area contributed by atoms with Crippen LogP contribution < -0.4 is 0 Å². The molecular weight excluding hydrogens is 254 g/mol. The summed E-state index contributed by atoms with van der Waals surface area (Å²) in [5.74, 6) is 0.509. The first-order valence-corrected chi connectivity index (χ1v) is 7.25. The molecule has 1 aliphatic heterocycles. The summed E-state index contributed by atoms with van der Waals surface area (Å²) in [5.41, 5.74) is -0.396. The molecule has 4 heteroatoms. The summed E-state index contributed by atoms with van der Waals surface area (Å²) < 4.78 is 5.35. The summed E-state index contributed by atoms with van der Waals surface area (Å²) in [6.07, 6.45) is 3.83. The lowest BCUT2D eigenvalue weighted by Crippen LogP contribution is -2.61. The lowest BCUT2D eigenvalue weighted by molar-refractivity contribution is -0.136. The zero-order valence-electron chi connectivity index (χ0n) is 13.3. The minimum absolute atomic E-state index is 0.0356. The van der Waals surface area contributed by atoms with E-state index in [1.807, 2.05) is 26.8 Å². The maximum absolute atomic E-state index is 12.2. The number of hydrogen-bond donors (Lipinski definition) is 0. The molecule has 0 bridgehead atoms. The van der Waals surface area contributed by atoms with E-state index < -0.39 is 11.7 Å². The van der Waals surface area contributed by atoms with Gasteiger partial charge in [-0.3, -0.25) is 4.79 Å². The fourth-order valence-corrected chi connectivity index (χ4v) is 3.09. The van der Waals surface area contributed by atoms with Gasteiger partial charge in [-0.1, -0.05) is 26.8 Å². The molecule has 0 aromatic rings. The standard InChI is InChI=1S/C16H25NO3/c1-15(2,3)11-9-12-10(11)7-8-13(18)17(12)14(19)20-16(4,5)6/h7-8,10-12H,9H2,1-6H3/t10-,11+,12+/m1/s1. The minimum Gasteiger partial charge on any atom is -0.443 e. The van der Waals surface area contributed by atoms with Crippen LogP contribution in [0.2, 0.25) is 0 Å². The van der Waals surface area contributed by atoms with Crippen LogP contribution in [-0.4, -0.2) is 28.5 Å². The number of imide groups is 1. The number of carbonyl (C=O) groups is 2. The lowest BCUT2D eigenvalue weighted by Gasteiger charge is -2.54. The number of nitrogens with zero attached hydrogens (tertiary/aromatic N) is 1. The van der Waals surface area contributed by atoms with E-state index in [4.69, 9.17) is 4.74 Å². The van der Waals surface area contributed by atoms with Crippen LogP contribution in [0, 0.1) is 17.3 Å². The summed E-state index contributed by atoms with van der Waals surface area (Å²) in [7, 11) is 0. The third kappa shape index (κ3) is 2.74. The van der Waals surface area contributed by atoms with Gasteiger partial charge in [0.1, 0.15) is 5.60 Å². The van der Waals surface area contributed by atoms with Crippen molar-refractivity contribution < 1.29 is 14.3 Å². The molecule has 0 saturated heterocycles. The number of rotatable bonds is 0. The first kappa shape index (κ1) is 15.1. The van der Waals surface area contributed by atoms with Crippen molar-refractivity contribution in [3.63, 3.8) is 0 Å². The monoisotopic (exact) mass is 279 g/mol. The smallest absolute Gasteiger partial charge is 0.417 e. The van der Waals surface area contributed by atoms with Crippen LogP contribution in [0.25, 0.3) is 0 Å². The number of carbonyl (C=O) groups excluding carboxylic acids is 2. The molecule has 20 heavy (non-hydrogen) atoms. The van der Waals surface area contributed by atoms with Crippen molar-refractivity contribution in [2.24, 2.45) is 17.3 Å². The Hall–Kier alpha value is -1.32. The van der Waals surface area contributed by atoms with Gasteiger partial charge < -0.3 is 4.74 Å². The molecule has 2 aliphatic rings. The predicted molar refractivity (Wildman–Crippen MR) is 77.1 cm³/mol. The van der Waals surface area contributed by atoms with E-state index in [0.717, 1.165) is 6.42 Å². The fourth-order valence-electron chi connectivity index (χ4n) is 3.09. The highest BCUT2D eigenvalue weighted by Crippen LogP contribution is 2.50. The maximum atomic E-state index is 12.2. The van der Waals surface area contributed by atoms with Crippen molar-refractivity contribution in [1.29, 1.82) is 0 Å². The number of amides is 2. The van der Waals surface area contributed by atoms with Crippen LogP contribution in [0.3, 0.4) is 0 Å². The van der Waals surface area contributed by atoms with Crippen LogP contribution >= 0.6 is 0 Å². The molecular formula is C16H25NO3. The quantitative estimate of drug-likeness (QED) is 0.683. The van der Waals surface area contributed by atoms with E-state index in [0.29, 0.717) is 5.92 Å². The Bertz CT molecular complexity index is 453. The number of hydrogen-bond acceptors (Lipinski definition) is 3. The maximum Gasteiger partial charge on any atom is 0.417 e. The van der Waals surface area contributed by atoms with Gasteiger partial charge in [-0.05, 0) is 38.5 Å². The van der Waals surface area contributed by atoms with Gasteiger partial charge in [0.15, 0.2) is 0 Å². The van der Waals surface area contributed by atoms with Crippen LogP contribution in [0.15, 0.2) is 12.2 Å². The molecule has 0 unspecified atom stereocenters. The molecule has 0 aromatic carbocycles. The molecule has 0 spiro atoms. The molecule has 1 heterocycles. The van der Waals surface area contributed by atoms with Gasteiger partial charge in [0.25, 0.3) is 5.91 Å². The number of fused-ring (bicyclic) bond motifs is 1. The van der Waals surface area contributed by atoms with Gasteiger partial charge in [-0.2, -0.15) is 0 Å². The van der Waals surface area contributed by atoms with Crippen molar-refractivity contribution in [2.45, 2.75) is 59.6 Å². The average molecular weight is 279 g/mol. The predicted octanol–water partition coefficient (Wildman–Crippen LogP) is 3.37. The third-order valence-electron chi connectivity index (χ3n) is 4.14. The molecule has 0 aromatic heterocycles. The van der Waals surface area contributed by atoms with Crippen molar-refractivity contribution in [2.75, 3.05) is 0 Å². The second kappa shape index (κ2) is 4.61. The first-order chi connectivity index (χ1) is 9.00. The Balaban J connectivity index is 2.15. The molecule has 3 atom stereocenters. The molecule has 2 rings (SSSR count). The second-order valence-electron chi connectivity index (χ2n) is 7.90. The Kier molecular flexibility index (Phi) is 3.47. The van der Waals surface area contributed by atoms with Crippen LogP contribution in [0.1, 0.15) is 48.0 Å². The summed E-state index contributed by atoms with van der Waals surface area (Å²) in [4.78, 5) is 25.5. The molecule has 2 amide bonds. The van der Waals surface area contributed by atoms with Gasteiger partial charge in [-0.15, -0.1) is 0 Å². The second-order valence-corrected chi connectivity index (χ2v) is 7.90. The van der Waals surface area contributed by atoms with Crippen LogP contribution in [0.4, 0.5) is 4.79 Å². The molecule has 112 valence electrons. The summed E-state index contributed by atoms with van der Waals surface area (Å²) in [6, 6.07) is -0.0356. The first-order valence-electron chi connectivity index (χ1n) is 7.25. The highest BCUT2D eigenvalue weighted by molar-refractivity contribution is 6.00. The zero-order valence-corrected chi connectivity index (χ0v) is 13.3. The average Bonchev–Trinajstić information content (AvgIpc) is 2.16. The highest BCUT2D eigenvalue weighted by Gasteiger charge is 2.52. The molecule has 1 saturated carbocycles. The van der Waals surface area contributed by atoms with Gasteiger partial charge >= 0.3 is 6.09 Å². The Labute approximate surface area is 121 Å². The molecule has 4 nitrogen and oxygen atoms in total. The van der Waals surface area contributed by atoms with E-state index in [2.05, 4.69) is 20.8 Å². The van der Waals surface area contributed by atoms with E-state index >= 15 is 0 Å². The molecule has 1 fully saturated rings. The summed E-state index contributed by atoms with van der Waals surface area (Å²) in [6.45, 7) is 12.0. The summed E-state index contributed by atoms with van der Waals surface area (Å²) >= 11 is 0. The van der Waals surface area contributed by atoms with Gasteiger partial charge in [0.2, 0.25) is 0 Å². The minimum atomic E-state index is -0.582. The Morgan fingerprint density at radius 3 is 2.35 bits per heavy atom. The zero-order chi connectivity index (χ0) is 15.3. The van der Waals surface area contributed by atoms with E-state index in [1.54, 1.807) is 0 Å². The van der Waals surface area contributed by atoms with Crippen molar-refractivity contribution >= 4 is 12.0 Å².